The van der Waals surface area contributed by atoms with Crippen molar-refractivity contribution in [2.75, 3.05) is 26.2 Å². The molecule has 0 saturated heterocycles. The van der Waals surface area contributed by atoms with Crippen LogP contribution in [0.4, 0.5) is 0 Å². The van der Waals surface area contributed by atoms with Crippen molar-refractivity contribution in [2.24, 2.45) is 0 Å². The smallest absolute Gasteiger partial charge is 0.0455 e. The molecule has 0 radical (unpaired) electrons. The third-order valence-corrected chi connectivity index (χ3v) is 3.98. The average molecular weight is 270 g/mol. The standard InChI is InChI=1S/C18H26N2/c1-4-19-18(14-20(5-2)6-3)17-13-9-11-15-10-7-8-12-16(15)17/h7-13,18-19H,4-6,14H2,1-3H3. The molecule has 2 heteroatoms. The molecule has 2 aromatic carbocycles. The number of nitrogens with one attached hydrogen (secondary N) is 1. The topological polar surface area (TPSA) is 15.3 Å². The van der Waals surface area contributed by atoms with Crippen LogP contribution in [0.25, 0.3) is 10.8 Å². The molecule has 0 spiro atoms. The Labute approximate surface area is 122 Å². The van der Waals surface area contributed by atoms with Gasteiger partial charge in [0.05, 0.1) is 0 Å². The zero-order chi connectivity index (χ0) is 14.4. The van der Waals surface area contributed by atoms with Crippen molar-refractivity contribution in [3.8, 4) is 0 Å². The summed E-state index contributed by atoms with van der Waals surface area (Å²) in [6.45, 7) is 10.9. The first-order valence-electron chi connectivity index (χ1n) is 7.73. The Hall–Kier alpha value is -1.38. The van der Waals surface area contributed by atoms with Gasteiger partial charge >= 0.3 is 0 Å². The van der Waals surface area contributed by atoms with E-state index >= 15 is 0 Å². The maximum absolute atomic E-state index is 3.65. The van der Waals surface area contributed by atoms with Crippen LogP contribution < -0.4 is 5.32 Å². The lowest BCUT2D eigenvalue weighted by atomic mass is 9.98. The van der Waals surface area contributed by atoms with Gasteiger partial charge in [-0.15, -0.1) is 0 Å². The van der Waals surface area contributed by atoms with E-state index in [9.17, 15) is 0 Å². The Morgan fingerprint density at radius 1 is 0.950 bits per heavy atom. The molecule has 0 bridgehead atoms. The molecule has 108 valence electrons. The second kappa shape index (κ2) is 7.41. The molecule has 0 aromatic heterocycles. The summed E-state index contributed by atoms with van der Waals surface area (Å²) in [6.07, 6.45) is 0. The van der Waals surface area contributed by atoms with E-state index in [1.165, 1.54) is 16.3 Å². The van der Waals surface area contributed by atoms with Crippen molar-refractivity contribution in [1.29, 1.82) is 0 Å². The lowest BCUT2D eigenvalue weighted by Crippen LogP contribution is -2.35. The average Bonchev–Trinajstić information content (AvgIpc) is 2.51. The molecule has 2 nitrogen and oxygen atoms in total. The van der Waals surface area contributed by atoms with Gasteiger partial charge in [-0.05, 0) is 36.0 Å². The third kappa shape index (κ3) is 3.38. The number of likely N-dealkylation sites (N-methyl/N-ethyl adjacent to an activating group) is 2. The van der Waals surface area contributed by atoms with Crippen LogP contribution >= 0.6 is 0 Å². The van der Waals surface area contributed by atoms with E-state index in [4.69, 9.17) is 0 Å². The van der Waals surface area contributed by atoms with Crippen LogP contribution in [0.1, 0.15) is 32.4 Å². The predicted molar refractivity (Wildman–Crippen MR) is 88.2 cm³/mol. The molecule has 0 fully saturated rings. The Bertz CT molecular complexity index is 526. The first kappa shape index (κ1) is 15.0. The fourth-order valence-electron chi connectivity index (χ4n) is 2.81. The van der Waals surface area contributed by atoms with E-state index in [-0.39, 0.29) is 0 Å². The zero-order valence-electron chi connectivity index (χ0n) is 12.9. The Morgan fingerprint density at radius 2 is 1.65 bits per heavy atom. The second-order valence-corrected chi connectivity index (χ2v) is 5.16. The highest BCUT2D eigenvalue weighted by atomic mass is 15.1. The highest BCUT2D eigenvalue weighted by Crippen LogP contribution is 2.25. The summed E-state index contributed by atoms with van der Waals surface area (Å²) in [5.74, 6) is 0. The van der Waals surface area contributed by atoms with Crippen molar-refractivity contribution in [2.45, 2.75) is 26.8 Å². The predicted octanol–water partition coefficient (Wildman–Crippen LogP) is 3.83. The van der Waals surface area contributed by atoms with Gasteiger partial charge in [0.25, 0.3) is 0 Å². The van der Waals surface area contributed by atoms with Gasteiger partial charge in [-0.1, -0.05) is 63.2 Å². The number of nitrogens with zero attached hydrogens (tertiary/aromatic N) is 1. The molecule has 2 aromatic rings. The van der Waals surface area contributed by atoms with E-state index in [0.29, 0.717) is 6.04 Å². The molecule has 0 heterocycles. The number of benzene rings is 2. The minimum absolute atomic E-state index is 0.394. The molecule has 1 N–H and O–H groups in total. The van der Waals surface area contributed by atoms with Crippen molar-refractivity contribution in [1.82, 2.24) is 10.2 Å². The lowest BCUT2D eigenvalue weighted by Gasteiger charge is -2.27. The van der Waals surface area contributed by atoms with Gasteiger partial charge in [-0.25, -0.2) is 0 Å². The summed E-state index contributed by atoms with van der Waals surface area (Å²) >= 11 is 0. The lowest BCUT2D eigenvalue weighted by molar-refractivity contribution is 0.268. The monoisotopic (exact) mass is 270 g/mol. The molecular weight excluding hydrogens is 244 g/mol. The molecular formula is C18H26N2. The summed E-state index contributed by atoms with van der Waals surface area (Å²) in [5.41, 5.74) is 1.41. The molecule has 0 aliphatic carbocycles. The van der Waals surface area contributed by atoms with Crippen LogP contribution in [0.15, 0.2) is 42.5 Å². The Balaban J connectivity index is 2.35. The van der Waals surface area contributed by atoms with E-state index < -0.39 is 0 Å². The molecule has 0 saturated carbocycles. The molecule has 20 heavy (non-hydrogen) atoms. The minimum atomic E-state index is 0.394. The fourth-order valence-corrected chi connectivity index (χ4v) is 2.81. The van der Waals surface area contributed by atoms with Gasteiger partial charge < -0.3 is 10.2 Å². The maximum atomic E-state index is 3.65. The first-order valence-corrected chi connectivity index (χ1v) is 7.73. The van der Waals surface area contributed by atoms with Crippen LogP contribution in [0.3, 0.4) is 0 Å². The van der Waals surface area contributed by atoms with Crippen molar-refractivity contribution in [3.63, 3.8) is 0 Å². The van der Waals surface area contributed by atoms with Crippen molar-refractivity contribution in [3.05, 3.63) is 48.0 Å². The third-order valence-electron chi connectivity index (χ3n) is 3.98. The van der Waals surface area contributed by atoms with Gasteiger partial charge in [0, 0.05) is 12.6 Å². The van der Waals surface area contributed by atoms with Crippen molar-refractivity contribution < 1.29 is 0 Å². The van der Waals surface area contributed by atoms with Gasteiger partial charge in [0.15, 0.2) is 0 Å². The number of hydrogen-bond acceptors (Lipinski definition) is 2. The highest BCUT2D eigenvalue weighted by Gasteiger charge is 2.15. The molecule has 0 amide bonds. The van der Waals surface area contributed by atoms with Gasteiger partial charge in [0.2, 0.25) is 0 Å². The van der Waals surface area contributed by atoms with Crippen molar-refractivity contribution >= 4 is 10.8 Å². The van der Waals surface area contributed by atoms with Crippen LogP contribution in [0.2, 0.25) is 0 Å². The molecule has 0 aliphatic rings. The van der Waals surface area contributed by atoms with E-state index in [1.807, 2.05) is 0 Å². The van der Waals surface area contributed by atoms with Crippen LogP contribution in [0, 0.1) is 0 Å². The van der Waals surface area contributed by atoms with E-state index in [2.05, 4.69) is 73.5 Å². The van der Waals surface area contributed by atoms with E-state index in [1.54, 1.807) is 0 Å². The highest BCUT2D eigenvalue weighted by molar-refractivity contribution is 5.86. The Morgan fingerprint density at radius 3 is 2.35 bits per heavy atom. The summed E-state index contributed by atoms with van der Waals surface area (Å²) in [6, 6.07) is 15.7. The van der Waals surface area contributed by atoms with Gasteiger partial charge in [-0.3, -0.25) is 0 Å². The number of rotatable bonds is 7. The number of fused-ring (bicyclic) bond motifs is 1. The zero-order valence-corrected chi connectivity index (χ0v) is 12.9. The summed E-state index contributed by atoms with van der Waals surface area (Å²) in [5, 5.41) is 6.34. The summed E-state index contributed by atoms with van der Waals surface area (Å²) in [7, 11) is 0. The second-order valence-electron chi connectivity index (χ2n) is 5.16. The van der Waals surface area contributed by atoms with Crippen LogP contribution in [-0.2, 0) is 0 Å². The Kier molecular flexibility index (Phi) is 5.57. The summed E-state index contributed by atoms with van der Waals surface area (Å²) in [4.78, 5) is 2.48. The van der Waals surface area contributed by atoms with E-state index in [0.717, 1.165) is 26.2 Å². The quantitative estimate of drug-likeness (QED) is 0.822. The first-order chi connectivity index (χ1) is 9.80. The minimum Gasteiger partial charge on any atom is -0.309 e. The fraction of sp³-hybridized carbons (Fsp3) is 0.444. The SMILES string of the molecule is CCNC(CN(CC)CC)c1cccc2ccccc12. The van der Waals surface area contributed by atoms with Gasteiger partial charge in [-0.2, -0.15) is 0 Å². The molecule has 0 aliphatic heterocycles. The number of hydrogen-bond donors (Lipinski definition) is 1. The van der Waals surface area contributed by atoms with Gasteiger partial charge in [0.1, 0.15) is 0 Å². The van der Waals surface area contributed by atoms with Crippen LogP contribution in [-0.4, -0.2) is 31.1 Å². The van der Waals surface area contributed by atoms with Crippen LogP contribution in [0.5, 0.6) is 0 Å². The molecule has 1 atom stereocenters. The normalized spacial score (nSPS) is 13.0. The molecule has 2 rings (SSSR count). The maximum Gasteiger partial charge on any atom is 0.0455 e. The molecule has 1 unspecified atom stereocenters. The largest absolute Gasteiger partial charge is 0.309 e. The summed E-state index contributed by atoms with van der Waals surface area (Å²) < 4.78 is 0.